The van der Waals surface area contributed by atoms with Crippen LogP contribution in [0.4, 0.5) is 0 Å². The number of hydrogen-bond donors (Lipinski definition) is 1. The molecule has 2 rings (SSSR count). The molecule has 2 fully saturated rings. The molecule has 0 radical (unpaired) electrons. The van der Waals surface area contributed by atoms with Crippen molar-refractivity contribution in [3.8, 4) is 0 Å². The van der Waals surface area contributed by atoms with E-state index in [1.54, 1.807) is 0 Å². The maximum Gasteiger partial charge on any atom is 0.0195 e. The van der Waals surface area contributed by atoms with Crippen molar-refractivity contribution in [2.24, 2.45) is 11.8 Å². The van der Waals surface area contributed by atoms with E-state index in [4.69, 9.17) is 0 Å². The van der Waals surface area contributed by atoms with Crippen LogP contribution in [-0.4, -0.2) is 37.6 Å². The van der Waals surface area contributed by atoms with Gasteiger partial charge in [-0.3, -0.25) is 0 Å². The van der Waals surface area contributed by atoms with Crippen LogP contribution in [0.2, 0.25) is 0 Å². The third kappa shape index (κ3) is 3.74. The predicted octanol–water partition coefficient (Wildman–Crippen LogP) is 2.50. The lowest BCUT2D eigenvalue weighted by Gasteiger charge is -2.31. The Bertz CT molecular complexity index is 199. The third-order valence-corrected chi connectivity index (χ3v) is 4.31. The fourth-order valence-corrected chi connectivity index (χ4v) is 3.53. The van der Waals surface area contributed by atoms with Crippen LogP contribution in [-0.2, 0) is 0 Å². The fourth-order valence-electron chi connectivity index (χ4n) is 3.53. The van der Waals surface area contributed by atoms with Crippen LogP contribution in [0.3, 0.4) is 0 Å². The van der Waals surface area contributed by atoms with E-state index in [9.17, 15) is 0 Å². The van der Waals surface area contributed by atoms with Gasteiger partial charge in [0.2, 0.25) is 0 Å². The molecule has 3 unspecified atom stereocenters. The second-order valence-electron chi connectivity index (χ2n) is 6.15. The first-order valence-corrected chi connectivity index (χ1v) is 7.16. The van der Waals surface area contributed by atoms with Gasteiger partial charge in [0.25, 0.3) is 0 Å². The molecule has 3 atom stereocenters. The van der Waals surface area contributed by atoms with Crippen molar-refractivity contribution in [1.82, 2.24) is 10.2 Å². The van der Waals surface area contributed by atoms with E-state index >= 15 is 0 Å². The highest BCUT2D eigenvalue weighted by molar-refractivity contribution is 4.79. The van der Waals surface area contributed by atoms with Gasteiger partial charge in [0, 0.05) is 19.1 Å². The Morgan fingerprint density at radius 2 is 2.00 bits per heavy atom. The molecule has 2 nitrogen and oxygen atoms in total. The SMILES string of the molecule is CC1CCCC(CN(C)CC2CCCN2)C1. The van der Waals surface area contributed by atoms with Crippen molar-refractivity contribution in [3.05, 3.63) is 0 Å². The van der Waals surface area contributed by atoms with Gasteiger partial charge in [-0.05, 0) is 51.1 Å². The van der Waals surface area contributed by atoms with E-state index in [-0.39, 0.29) is 0 Å². The van der Waals surface area contributed by atoms with Gasteiger partial charge in [0.1, 0.15) is 0 Å². The average molecular weight is 224 g/mol. The van der Waals surface area contributed by atoms with Gasteiger partial charge < -0.3 is 10.2 Å². The van der Waals surface area contributed by atoms with Crippen molar-refractivity contribution in [3.63, 3.8) is 0 Å². The summed E-state index contributed by atoms with van der Waals surface area (Å²) in [5, 5.41) is 3.59. The number of rotatable bonds is 4. The minimum absolute atomic E-state index is 0.769. The van der Waals surface area contributed by atoms with E-state index < -0.39 is 0 Å². The standard InChI is InChI=1S/C14H28N2/c1-12-5-3-6-13(9-12)10-16(2)11-14-7-4-8-15-14/h12-15H,3-11H2,1-2H3. The highest BCUT2D eigenvalue weighted by Gasteiger charge is 2.22. The second kappa shape index (κ2) is 6.02. The first kappa shape index (κ1) is 12.4. The van der Waals surface area contributed by atoms with Crippen LogP contribution < -0.4 is 5.32 Å². The monoisotopic (exact) mass is 224 g/mol. The highest BCUT2D eigenvalue weighted by Crippen LogP contribution is 2.28. The van der Waals surface area contributed by atoms with Crippen molar-refractivity contribution in [2.75, 3.05) is 26.7 Å². The molecule has 0 aromatic rings. The quantitative estimate of drug-likeness (QED) is 0.789. The second-order valence-corrected chi connectivity index (χ2v) is 6.15. The third-order valence-electron chi connectivity index (χ3n) is 4.31. The van der Waals surface area contributed by atoms with Gasteiger partial charge in [-0.2, -0.15) is 0 Å². The smallest absolute Gasteiger partial charge is 0.0195 e. The summed E-state index contributed by atoms with van der Waals surface area (Å²) in [7, 11) is 2.30. The molecular formula is C14H28N2. The first-order valence-electron chi connectivity index (χ1n) is 7.16. The van der Waals surface area contributed by atoms with Crippen LogP contribution in [0.15, 0.2) is 0 Å². The molecule has 0 aromatic carbocycles. The minimum atomic E-state index is 0.769. The van der Waals surface area contributed by atoms with E-state index in [1.165, 1.54) is 58.2 Å². The zero-order valence-corrected chi connectivity index (χ0v) is 11.0. The topological polar surface area (TPSA) is 15.3 Å². The Balaban J connectivity index is 1.67. The summed E-state index contributed by atoms with van der Waals surface area (Å²) >= 11 is 0. The molecule has 1 N–H and O–H groups in total. The Hall–Kier alpha value is -0.0800. The van der Waals surface area contributed by atoms with Gasteiger partial charge >= 0.3 is 0 Å². The molecule has 0 aromatic heterocycles. The molecule has 1 aliphatic heterocycles. The number of nitrogens with zero attached hydrogens (tertiary/aromatic N) is 1. The predicted molar refractivity (Wildman–Crippen MR) is 69.6 cm³/mol. The van der Waals surface area contributed by atoms with Crippen molar-refractivity contribution in [1.29, 1.82) is 0 Å². The number of hydrogen-bond acceptors (Lipinski definition) is 2. The molecular weight excluding hydrogens is 196 g/mol. The van der Waals surface area contributed by atoms with Gasteiger partial charge in [-0.25, -0.2) is 0 Å². The molecule has 94 valence electrons. The zero-order valence-electron chi connectivity index (χ0n) is 11.0. The van der Waals surface area contributed by atoms with Crippen LogP contribution >= 0.6 is 0 Å². The Morgan fingerprint density at radius 1 is 1.12 bits per heavy atom. The van der Waals surface area contributed by atoms with Crippen LogP contribution in [0.5, 0.6) is 0 Å². The van der Waals surface area contributed by atoms with E-state index in [0.717, 1.165) is 17.9 Å². The molecule has 1 saturated heterocycles. The molecule has 0 spiro atoms. The molecule has 0 bridgehead atoms. The maximum absolute atomic E-state index is 3.59. The van der Waals surface area contributed by atoms with Gasteiger partial charge in [0.15, 0.2) is 0 Å². The lowest BCUT2D eigenvalue weighted by atomic mass is 9.82. The molecule has 1 heterocycles. The molecule has 2 aliphatic rings. The summed E-state index contributed by atoms with van der Waals surface area (Å²) in [4.78, 5) is 2.56. The van der Waals surface area contributed by atoms with Crippen molar-refractivity contribution in [2.45, 2.75) is 51.5 Å². The minimum Gasteiger partial charge on any atom is -0.313 e. The largest absolute Gasteiger partial charge is 0.313 e. The molecule has 1 aliphatic carbocycles. The lowest BCUT2D eigenvalue weighted by molar-refractivity contribution is 0.195. The zero-order chi connectivity index (χ0) is 11.4. The van der Waals surface area contributed by atoms with Crippen molar-refractivity contribution >= 4 is 0 Å². The molecule has 2 heteroatoms. The first-order chi connectivity index (χ1) is 7.74. The molecule has 0 amide bonds. The Kier molecular flexibility index (Phi) is 4.66. The number of likely N-dealkylation sites (N-methyl/N-ethyl adjacent to an activating group) is 1. The van der Waals surface area contributed by atoms with Crippen molar-refractivity contribution < 1.29 is 0 Å². The average Bonchev–Trinajstić information content (AvgIpc) is 2.70. The highest BCUT2D eigenvalue weighted by atomic mass is 15.1. The summed E-state index contributed by atoms with van der Waals surface area (Å²) in [6.45, 7) is 6.23. The van der Waals surface area contributed by atoms with Gasteiger partial charge in [-0.15, -0.1) is 0 Å². The van der Waals surface area contributed by atoms with E-state index in [0.29, 0.717) is 0 Å². The summed E-state index contributed by atoms with van der Waals surface area (Å²) in [6, 6.07) is 0.769. The lowest BCUT2D eigenvalue weighted by Crippen LogP contribution is -2.38. The molecule has 1 saturated carbocycles. The van der Waals surface area contributed by atoms with Crippen LogP contribution in [0, 0.1) is 11.8 Å². The number of nitrogens with one attached hydrogen (secondary N) is 1. The fraction of sp³-hybridized carbons (Fsp3) is 1.00. The normalized spacial score (nSPS) is 35.8. The Morgan fingerprint density at radius 3 is 2.69 bits per heavy atom. The maximum atomic E-state index is 3.59. The van der Waals surface area contributed by atoms with Crippen LogP contribution in [0.25, 0.3) is 0 Å². The summed E-state index contributed by atoms with van der Waals surface area (Å²) < 4.78 is 0. The molecule has 16 heavy (non-hydrogen) atoms. The van der Waals surface area contributed by atoms with Gasteiger partial charge in [-0.1, -0.05) is 19.8 Å². The summed E-state index contributed by atoms with van der Waals surface area (Å²) in [5.74, 6) is 1.94. The van der Waals surface area contributed by atoms with Crippen LogP contribution in [0.1, 0.15) is 45.4 Å². The summed E-state index contributed by atoms with van der Waals surface area (Å²) in [5.41, 5.74) is 0. The van der Waals surface area contributed by atoms with Gasteiger partial charge in [0.05, 0.1) is 0 Å². The van der Waals surface area contributed by atoms with E-state index in [2.05, 4.69) is 24.2 Å². The Labute approximate surface area is 101 Å². The summed E-state index contributed by atoms with van der Waals surface area (Å²) in [6.07, 6.45) is 8.60. The van der Waals surface area contributed by atoms with E-state index in [1.807, 2.05) is 0 Å².